The standard InChI is InChI=1S/C17H18NO2P/c1-13(19)10-16(20)12-21-11-15-8-5-9-17(18-15)14-6-3-2-4-7-14/h2-10,20-21H,11-12H2,1H3/b16-10-. The second-order valence-electron chi connectivity index (χ2n) is 4.73. The minimum Gasteiger partial charge on any atom is -0.512 e. The number of hydrogen-bond acceptors (Lipinski definition) is 3. The van der Waals surface area contributed by atoms with Gasteiger partial charge < -0.3 is 5.11 Å². The molecule has 0 spiro atoms. The van der Waals surface area contributed by atoms with Crippen LogP contribution in [0.15, 0.2) is 60.4 Å². The van der Waals surface area contributed by atoms with Gasteiger partial charge in [0, 0.05) is 29.7 Å². The minimum atomic E-state index is -0.124. The number of aromatic nitrogens is 1. The second kappa shape index (κ2) is 7.70. The predicted molar refractivity (Wildman–Crippen MR) is 88.0 cm³/mol. The van der Waals surface area contributed by atoms with Crippen molar-refractivity contribution in [3.05, 3.63) is 66.1 Å². The third-order valence-electron chi connectivity index (χ3n) is 2.86. The number of allylic oxidation sites excluding steroid dienone is 2. The number of hydrogen-bond donors (Lipinski definition) is 1. The molecular formula is C17H18NO2P. The van der Waals surface area contributed by atoms with Crippen LogP contribution in [0, 0.1) is 0 Å². The Kier molecular flexibility index (Phi) is 5.65. The molecule has 0 aliphatic rings. The fourth-order valence-corrected chi connectivity index (χ4v) is 2.89. The highest BCUT2D eigenvalue weighted by molar-refractivity contribution is 7.37. The van der Waals surface area contributed by atoms with Crippen LogP contribution in [0.5, 0.6) is 0 Å². The van der Waals surface area contributed by atoms with Crippen molar-refractivity contribution in [2.24, 2.45) is 0 Å². The summed E-state index contributed by atoms with van der Waals surface area (Å²) in [5.74, 6) is 0.0292. The lowest BCUT2D eigenvalue weighted by atomic mass is 10.1. The van der Waals surface area contributed by atoms with Crippen molar-refractivity contribution < 1.29 is 9.90 Å². The Balaban J connectivity index is 1.98. The molecule has 1 unspecified atom stereocenters. The van der Waals surface area contributed by atoms with Crippen molar-refractivity contribution in [1.29, 1.82) is 0 Å². The third-order valence-corrected chi connectivity index (χ3v) is 4.08. The van der Waals surface area contributed by atoms with Crippen molar-refractivity contribution >= 4 is 14.4 Å². The molecular weight excluding hydrogens is 281 g/mol. The second-order valence-corrected chi connectivity index (χ2v) is 5.94. The summed E-state index contributed by atoms with van der Waals surface area (Å²) in [6.45, 7) is 1.43. The Morgan fingerprint density at radius 1 is 1.19 bits per heavy atom. The van der Waals surface area contributed by atoms with E-state index in [1.165, 1.54) is 13.0 Å². The first-order valence-electron chi connectivity index (χ1n) is 6.77. The quantitative estimate of drug-likeness (QED) is 0.499. The lowest BCUT2D eigenvalue weighted by Gasteiger charge is -2.05. The fraction of sp³-hybridized carbons (Fsp3) is 0.176. The van der Waals surface area contributed by atoms with E-state index >= 15 is 0 Å². The van der Waals surface area contributed by atoms with Gasteiger partial charge in [-0.05, 0) is 19.1 Å². The van der Waals surface area contributed by atoms with Gasteiger partial charge in [-0.2, -0.15) is 0 Å². The van der Waals surface area contributed by atoms with Crippen LogP contribution < -0.4 is 0 Å². The Morgan fingerprint density at radius 2 is 1.95 bits per heavy atom. The van der Waals surface area contributed by atoms with Crippen LogP contribution in [0.2, 0.25) is 0 Å². The smallest absolute Gasteiger partial charge is 0.155 e. The summed E-state index contributed by atoms with van der Waals surface area (Å²) in [4.78, 5) is 15.5. The van der Waals surface area contributed by atoms with E-state index in [4.69, 9.17) is 0 Å². The molecule has 0 bridgehead atoms. The molecule has 0 saturated carbocycles. The van der Waals surface area contributed by atoms with Gasteiger partial charge in [0.15, 0.2) is 5.78 Å². The number of carbonyl (C=O) groups is 1. The maximum Gasteiger partial charge on any atom is 0.155 e. The van der Waals surface area contributed by atoms with Crippen LogP contribution in [-0.4, -0.2) is 22.0 Å². The summed E-state index contributed by atoms with van der Waals surface area (Å²) in [6.07, 6.45) is 2.61. The number of carbonyl (C=O) groups excluding carboxylic acids is 1. The predicted octanol–water partition coefficient (Wildman–Crippen LogP) is 3.96. The summed E-state index contributed by atoms with van der Waals surface area (Å²) in [6, 6.07) is 16.0. The average Bonchev–Trinajstić information content (AvgIpc) is 2.48. The summed E-state index contributed by atoms with van der Waals surface area (Å²) in [5, 5.41) is 9.56. The summed E-state index contributed by atoms with van der Waals surface area (Å²) < 4.78 is 0. The lowest BCUT2D eigenvalue weighted by molar-refractivity contribution is -0.112. The molecule has 4 heteroatoms. The van der Waals surface area contributed by atoms with Crippen molar-refractivity contribution in [3.63, 3.8) is 0 Å². The van der Waals surface area contributed by atoms with Gasteiger partial charge in [-0.3, -0.25) is 9.78 Å². The molecule has 1 atom stereocenters. The van der Waals surface area contributed by atoms with E-state index in [1.807, 2.05) is 48.5 Å². The van der Waals surface area contributed by atoms with Crippen LogP contribution in [0.25, 0.3) is 11.3 Å². The van der Waals surface area contributed by atoms with Crippen LogP contribution in [0.4, 0.5) is 0 Å². The Bertz CT molecular complexity index is 638. The summed E-state index contributed by atoms with van der Waals surface area (Å²) in [7, 11) is 0.511. The van der Waals surface area contributed by atoms with E-state index in [0.29, 0.717) is 14.7 Å². The summed E-state index contributed by atoms with van der Waals surface area (Å²) >= 11 is 0. The first-order chi connectivity index (χ1) is 10.1. The molecule has 1 aromatic carbocycles. The number of aliphatic hydroxyl groups excluding tert-OH is 1. The molecule has 2 aromatic rings. The van der Waals surface area contributed by atoms with Gasteiger partial charge in [-0.1, -0.05) is 36.4 Å². The van der Waals surface area contributed by atoms with E-state index in [-0.39, 0.29) is 11.5 Å². The molecule has 1 aromatic heterocycles. The zero-order chi connectivity index (χ0) is 15.1. The molecule has 1 N–H and O–H groups in total. The highest BCUT2D eigenvalue weighted by Crippen LogP contribution is 2.22. The minimum absolute atomic E-state index is 0.124. The highest BCUT2D eigenvalue weighted by Gasteiger charge is 2.02. The first-order valence-corrected chi connectivity index (χ1v) is 8.19. The molecule has 0 fully saturated rings. The zero-order valence-electron chi connectivity index (χ0n) is 11.9. The Hall–Kier alpha value is -1.99. The number of pyridine rings is 1. The maximum absolute atomic E-state index is 10.8. The normalized spacial score (nSPS) is 12.0. The van der Waals surface area contributed by atoms with E-state index < -0.39 is 0 Å². The van der Waals surface area contributed by atoms with Gasteiger partial charge in [-0.25, -0.2) is 0 Å². The molecule has 0 aliphatic carbocycles. The van der Waals surface area contributed by atoms with E-state index in [2.05, 4.69) is 4.98 Å². The highest BCUT2D eigenvalue weighted by atomic mass is 31.1. The van der Waals surface area contributed by atoms with Crippen LogP contribution >= 0.6 is 8.58 Å². The molecule has 21 heavy (non-hydrogen) atoms. The molecule has 1 heterocycles. The van der Waals surface area contributed by atoms with Crippen molar-refractivity contribution in [2.75, 3.05) is 6.16 Å². The SMILES string of the molecule is CC(=O)/C=C(\O)CPCc1cccc(-c2ccccc2)n1. The number of aliphatic hydroxyl groups is 1. The number of nitrogens with zero attached hydrogens (tertiary/aromatic N) is 1. The van der Waals surface area contributed by atoms with E-state index in [1.54, 1.807) is 0 Å². The molecule has 108 valence electrons. The number of benzene rings is 1. The first kappa shape index (κ1) is 15.4. The Labute approximate surface area is 126 Å². The number of rotatable bonds is 6. The molecule has 0 amide bonds. The third kappa shape index (κ3) is 5.13. The van der Waals surface area contributed by atoms with Crippen molar-refractivity contribution in [2.45, 2.75) is 13.1 Å². The van der Waals surface area contributed by atoms with E-state index in [0.717, 1.165) is 23.1 Å². The molecule has 2 rings (SSSR count). The number of ketones is 1. The van der Waals surface area contributed by atoms with Gasteiger partial charge in [0.05, 0.1) is 11.5 Å². The largest absolute Gasteiger partial charge is 0.512 e. The van der Waals surface area contributed by atoms with Crippen LogP contribution in [0.1, 0.15) is 12.6 Å². The van der Waals surface area contributed by atoms with Crippen molar-refractivity contribution in [3.8, 4) is 11.3 Å². The molecule has 0 radical (unpaired) electrons. The van der Waals surface area contributed by atoms with Gasteiger partial charge >= 0.3 is 0 Å². The summed E-state index contributed by atoms with van der Waals surface area (Å²) in [5.41, 5.74) is 3.06. The van der Waals surface area contributed by atoms with Gasteiger partial charge in [0.2, 0.25) is 0 Å². The zero-order valence-corrected chi connectivity index (χ0v) is 12.9. The fourth-order valence-electron chi connectivity index (χ4n) is 1.95. The monoisotopic (exact) mass is 299 g/mol. The topological polar surface area (TPSA) is 50.2 Å². The molecule has 0 aliphatic heterocycles. The van der Waals surface area contributed by atoms with Crippen molar-refractivity contribution in [1.82, 2.24) is 4.98 Å². The average molecular weight is 299 g/mol. The van der Waals surface area contributed by atoms with Crippen LogP contribution in [0.3, 0.4) is 0 Å². The Morgan fingerprint density at radius 3 is 2.67 bits per heavy atom. The molecule has 0 saturated heterocycles. The lowest BCUT2D eigenvalue weighted by Crippen LogP contribution is -1.93. The molecule has 3 nitrogen and oxygen atoms in total. The van der Waals surface area contributed by atoms with Gasteiger partial charge in [-0.15, -0.1) is 8.58 Å². The van der Waals surface area contributed by atoms with Crippen LogP contribution in [-0.2, 0) is 11.0 Å². The van der Waals surface area contributed by atoms with Gasteiger partial charge in [0.1, 0.15) is 0 Å². The van der Waals surface area contributed by atoms with E-state index in [9.17, 15) is 9.90 Å². The van der Waals surface area contributed by atoms with Gasteiger partial charge in [0.25, 0.3) is 0 Å². The maximum atomic E-state index is 10.8.